The molecule has 3 aromatic rings. The van der Waals surface area contributed by atoms with Crippen LogP contribution in [0.5, 0.6) is 6.01 Å². The lowest BCUT2D eigenvalue weighted by Gasteiger charge is -2.17. The number of hydrogen-bond acceptors (Lipinski definition) is 9. The quantitative estimate of drug-likeness (QED) is 0.435. The normalized spacial score (nSPS) is 24.9. The molecule has 2 aromatic heterocycles. The third-order valence-electron chi connectivity index (χ3n) is 5.40. The number of aliphatic hydroxyl groups excluding tert-OH is 3. The molecule has 4 rings (SSSR count). The summed E-state index contributed by atoms with van der Waals surface area (Å²) in [7, 11) is 0. The second kappa shape index (κ2) is 8.52. The Morgan fingerprint density at radius 3 is 2.63 bits per heavy atom. The van der Waals surface area contributed by atoms with Gasteiger partial charge in [0.05, 0.1) is 19.5 Å². The molecule has 30 heavy (non-hydrogen) atoms. The second-order valence-electron chi connectivity index (χ2n) is 7.27. The van der Waals surface area contributed by atoms with Gasteiger partial charge in [-0.1, -0.05) is 37.3 Å². The van der Waals surface area contributed by atoms with Crippen molar-refractivity contribution < 1.29 is 24.8 Å². The maximum atomic E-state index is 10.3. The number of nitrogens with two attached hydrogens (primary N) is 1. The first-order valence-corrected chi connectivity index (χ1v) is 9.83. The molecule has 5 atom stereocenters. The molecule has 1 aliphatic rings. The van der Waals surface area contributed by atoms with Crippen LogP contribution in [-0.4, -0.2) is 66.4 Å². The van der Waals surface area contributed by atoms with E-state index in [1.165, 1.54) is 10.9 Å². The van der Waals surface area contributed by atoms with Gasteiger partial charge >= 0.3 is 6.01 Å². The van der Waals surface area contributed by atoms with Gasteiger partial charge in [0, 0.05) is 5.92 Å². The fraction of sp³-hybridized carbons (Fsp3) is 0.450. The molecule has 3 heterocycles. The lowest BCUT2D eigenvalue weighted by Crippen LogP contribution is -2.33. The van der Waals surface area contributed by atoms with Crippen LogP contribution in [0.4, 0.5) is 5.82 Å². The number of aliphatic hydroxyl groups is 3. The fourth-order valence-electron chi connectivity index (χ4n) is 3.63. The van der Waals surface area contributed by atoms with Gasteiger partial charge in [0.25, 0.3) is 0 Å². The SMILES string of the molecule is CC[C@@H](COc1nc(N)c2ncn([C@@H]3O[C@H](CO)[C@@H](O)[C@H]3O)c2n1)c1ccccc1. The Bertz CT molecular complexity index is 998. The summed E-state index contributed by atoms with van der Waals surface area (Å²) in [4.78, 5) is 12.8. The van der Waals surface area contributed by atoms with Crippen molar-refractivity contribution in [2.45, 2.75) is 43.8 Å². The minimum absolute atomic E-state index is 0.0860. The summed E-state index contributed by atoms with van der Waals surface area (Å²) in [6, 6.07) is 10.1. The van der Waals surface area contributed by atoms with Gasteiger partial charge in [-0.05, 0) is 12.0 Å². The Morgan fingerprint density at radius 2 is 1.97 bits per heavy atom. The highest BCUT2D eigenvalue weighted by Crippen LogP contribution is 2.32. The number of anilines is 1. The van der Waals surface area contributed by atoms with Crippen LogP contribution in [0.1, 0.15) is 31.1 Å². The fourth-order valence-corrected chi connectivity index (χ4v) is 3.63. The van der Waals surface area contributed by atoms with Gasteiger partial charge in [0.2, 0.25) is 0 Å². The van der Waals surface area contributed by atoms with E-state index in [2.05, 4.69) is 21.9 Å². The number of fused-ring (bicyclic) bond motifs is 1. The van der Waals surface area contributed by atoms with Crippen LogP contribution >= 0.6 is 0 Å². The molecule has 0 unspecified atom stereocenters. The number of ether oxygens (including phenoxy) is 2. The molecular formula is C20H25N5O5. The number of imidazole rings is 1. The summed E-state index contributed by atoms with van der Waals surface area (Å²) in [6.07, 6.45) is -2.10. The summed E-state index contributed by atoms with van der Waals surface area (Å²) in [5.41, 5.74) is 7.83. The molecule has 5 N–H and O–H groups in total. The Hall–Kier alpha value is -2.79. The van der Waals surface area contributed by atoms with Crippen LogP contribution in [0.25, 0.3) is 11.2 Å². The highest BCUT2D eigenvalue weighted by atomic mass is 16.6. The van der Waals surface area contributed by atoms with E-state index in [0.29, 0.717) is 17.8 Å². The molecule has 0 radical (unpaired) electrons. The van der Waals surface area contributed by atoms with E-state index in [4.69, 9.17) is 15.2 Å². The van der Waals surface area contributed by atoms with Gasteiger partial charge < -0.3 is 30.5 Å². The van der Waals surface area contributed by atoms with E-state index in [9.17, 15) is 15.3 Å². The average molecular weight is 415 g/mol. The molecule has 0 amide bonds. The van der Waals surface area contributed by atoms with Crippen molar-refractivity contribution >= 4 is 17.0 Å². The van der Waals surface area contributed by atoms with Gasteiger partial charge in [-0.2, -0.15) is 9.97 Å². The maximum Gasteiger partial charge on any atom is 0.320 e. The van der Waals surface area contributed by atoms with Crippen molar-refractivity contribution in [1.82, 2.24) is 19.5 Å². The minimum atomic E-state index is -1.26. The van der Waals surface area contributed by atoms with E-state index >= 15 is 0 Å². The largest absolute Gasteiger partial charge is 0.463 e. The van der Waals surface area contributed by atoms with Crippen LogP contribution < -0.4 is 10.5 Å². The van der Waals surface area contributed by atoms with E-state index < -0.39 is 31.1 Å². The Balaban J connectivity index is 1.59. The summed E-state index contributed by atoms with van der Waals surface area (Å²) < 4.78 is 12.9. The third-order valence-corrected chi connectivity index (χ3v) is 5.40. The number of aromatic nitrogens is 4. The van der Waals surface area contributed by atoms with Crippen LogP contribution in [-0.2, 0) is 4.74 Å². The van der Waals surface area contributed by atoms with Crippen LogP contribution in [0.15, 0.2) is 36.7 Å². The van der Waals surface area contributed by atoms with Gasteiger partial charge in [0.1, 0.15) is 18.3 Å². The third kappa shape index (κ3) is 3.70. The predicted molar refractivity (Wildman–Crippen MR) is 108 cm³/mol. The Labute approximate surface area is 172 Å². The Morgan fingerprint density at radius 1 is 1.20 bits per heavy atom. The molecule has 1 saturated heterocycles. The van der Waals surface area contributed by atoms with Crippen LogP contribution in [0.3, 0.4) is 0 Å². The molecular weight excluding hydrogens is 390 g/mol. The standard InChI is InChI=1S/C20H25N5O5/c1-2-11(12-6-4-3-5-7-12)9-29-20-23-17(21)14-18(24-20)25(10-22-14)19-16(28)15(27)13(8-26)30-19/h3-7,10-11,13,15-16,19,26-28H,2,8-9H2,1H3,(H2,21,23,24)/t11-,13+,15+,16+,19+/m0/s1. The van der Waals surface area contributed by atoms with Gasteiger partial charge in [-0.3, -0.25) is 4.57 Å². The zero-order valence-corrected chi connectivity index (χ0v) is 16.5. The summed E-state index contributed by atoms with van der Waals surface area (Å²) in [5.74, 6) is 0.297. The van der Waals surface area contributed by atoms with E-state index in [1.807, 2.05) is 30.3 Å². The second-order valence-corrected chi connectivity index (χ2v) is 7.27. The summed E-state index contributed by atoms with van der Waals surface area (Å²) in [5, 5.41) is 29.7. The lowest BCUT2D eigenvalue weighted by molar-refractivity contribution is -0.0511. The zero-order valence-electron chi connectivity index (χ0n) is 16.5. The van der Waals surface area contributed by atoms with Crippen molar-refractivity contribution in [2.24, 2.45) is 0 Å². The molecule has 0 aliphatic carbocycles. The molecule has 10 heteroatoms. The van der Waals surface area contributed by atoms with Crippen molar-refractivity contribution in [3.63, 3.8) is 0 Å². The molecule has 1 aliphatic heterocycles. The van der Waals surface area contributed by atoms with Crippen LogP contribution in [0.2, 0.25) is 0 Å². The number of hydrogen-bond donors (Lipinski definition) is 4. The predicted octanol–water partition coefficient (Wildman–Crippen LogP) is 0.593. The Kier molecular flexibility index (Phi) is 5.82. The first-order chi connectivity index (χ1) is 14.5. The first-order valence-electron chi connectivity index (χ1n) is 9.83. The summed E-state index contributed by atoms with van der Waals surface area (Å²) >= 11 is 0. The van der Waals surface area contributed by atoms with E-state index in [1.54, 1.807) is 0 Å². The molecule has 10 nitrogen and oxygen atoms in total. The van der Waals surface area contributed by atoms with E-state index in [0.717, 1.165) is 12.0 Å². The van der Waals surface area contributed by atoms with E-state index in [-0.39, 0.29) is 17.7 Å². The molecule has 0 spiro atoms. The lowest BCUT2D eigenvalue weighted by atomic mass is 9.98. The number of benzene rings is 1. The van der Waals surface area contributed by atoms with Gasteiger partial charge in [-0.15, -0.1) is 0 Å². The van der Waals surface area contributed by atoms with Gasteiger partial charge in [0.15, 0.2) is 23.2 Å². The van der Waals surface area contributed by atoms with Crippen molar-refractivity contribution in [2.75, 3.05) is 18.9 Å². The van der Waals surface area contributed by atoms with Crippen molar-refractivity contribution in [3.8, 4) is 6.01 Å². The topological polar surface area (TPSA) is 149 Å². The highest BCUT2D eigenvalue weighted by molar-refractivity contribution is 5.82. The van der Waals surface area contributed by atoms with Crippen LogP contribution in [0, 0.1) is 0 Å². The molecule has 160 valence electrons. The maximum absolute atomic E-state index is 10.3. The number of nitrogens with zero attached hydrogens (tertiary/aromatic N) is 4. The smallest absolute Gasteiger partial charge is 0.320 e. The van der Waals surface area contributed by atoms with Gasteiger partial charge in [-0.25, -0.2) is 4.98 Å². The molecule has 1 aromatic carbocycles. The monoisotopic (exact) mass is 415 g/mol. The average Bonchev–Trinajstić information content (AvgIpc) is 3.31. The highest BCUT2D eigenvalue weighted by Gasteiger charge is 2.44. The summed E-state index contributed by atoms with van der Waals surface area (Å²) in [6.45, 7) is 2.02. The first kappa shape index (κ1) is 20.5. The molecule has 0 bridgehead atoms. The zero-order chi connectivity index (χ0) is 21.3. The molecule has 1 fully saturated rings. The van der Waals surface area contributed by atoms with Crippen molar-refractivity contribution in [3.05, 3.63) is 42.2 Å². The number of nitrogen functional groups attached to an aromatic ring is 1. The molecule has 0 saturated carbocycles. The van der Waals surface area contributed by atoms with Crippen molar-refractivity contribution in [1.29, 1.82) is 0 Å². The minimum Gasteiger partial charge on any atom is -0.463 e. The number of rotatable bonds is 7.